The Bertz CT molecular complexity index is 454. The number of likely N-dealkylation sites (tertiary alicyclic amines) is 1. The number of aryl methyl sites for hydroxylation is 1. The summed E-state index contributed by atoms with van der Waals surface area (Å²) in [4.78, 5) is 2.61. The normalized spacial score (nSPS) is 27.7. The number of hydrogen-bond donors (Lipinski definition) is 1. The molecule has 0 amide bonds. The molecular weight excluding hydrogens is 236 g/mol. The molecule has 0 bridgehead atoms. The largest absolute Gasteiger partial charge is 0.493 e. The maximum absolute atomic E-state index is 6.24. The van der Waals surface area contributed by atoms with Crippen molar-refractivity contribution in [2.45, 2.75) is 38.1 Å². The molecule has 2 heterocycles. The zero-order valence-corrected chi connectivity index (χ0v) is 11.8. The van der Waals surface area contributed by atoms with Crippen LogP contribution in [0.3, 0.4) is 0 Å². The number of benzene rings is 1. The lowest BCUT2D eigenvalue weighted by Gasteiger charge is -2.48. The molecule has 3 rings (SSSR count). The van der Waals surface area contributed by atoms with E-state index >= 15 is 0 Å². The lowest BCUT2D eigenvalue weighted by atomic mass is 9.81. The van der Waals surface area contributed by atoms with Gasteiger partial charge in [-0.05, 0) is 38.4 Å². The summed E-state index contributed by atoms with van der Waals surface area (Å²) >= 11 is 0. The number of para-hydroxylation sites is 1. The summed E-state index contributed by atoms with van der Waals surface area (Å²) < 4.78 is 5.92. The summed E-state index contributed by atoms with van der Waals surface area (Å²) in [5.41, 5.74) is 8.77. The summed E-state index contributed by atoms with van der Waals surface area (Å²) in [6.07, 6.45) is 4.96. The predicted octanol–water partition coefficient (Wildman–Crippen LogP) is 2.42. The Kier molecular flexibility index (Phi) is 3.50. The molecule has 1 aromatic carbocycles. The molecule has 3 nitrogen and oxygen atoms in total. The minimum absolute atomic E-state index is 0.0000231. The third-order valence-electron chi connectivity index (χ3n) is 4.77. The van der Waals surface area contributed by atoms with Gasteiger partial charge in [0, 0.05) is 18.5 Å². The van der Waals surface area contributed by atoms with Crippen LogP contribution in [0.4, 0.5) is 0 Å². The van der Waals surface area contributed by atoms with Crippen LogP contribution in [0.15, 0.2) is 18.2 Å². The van der Waals surface area contributed by atoms with Crippen molar-refractivity contribution in [3.63, 3.8) is 0 Å². The van der Waals surface area contributed by atoms with Gasteiger partial charge in [-0.25, -0.2) is 0 Å². The molecule has 1 unspecified atom stereocenters. The molecule has 0 saturated carbocycles. The molecule has 1 aromatic rings. The summed E-state index contributed by atoms with van der Waals surface area (Å²) in [6, 6.07) is 6.47. The number of nitrogens with zero attached hydrogens (tertiary/aromatic N) is 1. The van der Waals surface area contributed by atoms with E-state index in [0.717, 1.165) is 18.8 Å². The van der Waals surface area contributed by atoms with Gasteiger partial charge in [0.05, 0.1) is 12.1 Å². The zero-order valence-electron chi connectivity index (χ0n) is 11.8. The maximum atomic E-state index is 6.24. The van der Waals surface area contributed by atoms with Crippen LogP contribution < -0.4 is 10.5 Å². The molecule has 3 heteroatoms. The molecule has 0 spiro atoms. The molecular formula is C16H24N2O. The standard InChI is InChI=1S/C16H24N2O/c1-13-6-5-7-14-15(13)19-11-8-16(14,12-17)18-9-3-2-4-10-18/h5-7H,2-4,8-12,17H2,1H3. The molecule has 1 saturated heterocycles. The first-order valence-corrected chi connectivity index (χ1v) is 7.46. The molecule has 19 heavy (non-hydrogen) atoms. The van der Waals surface area contributed by atoms with Crippen molar-refractivity contribution in [1.29, 1.82) is 0 Å². The van der Waals surface area contributed by atoms with Crippen molar-refractivity contribution in [3.8, 4) is 5.75 Å². The second kappa shape index (κ2) is 5.14. The van der Waals surface area contributed by atoms with Crippen molar-refractivity contribution in [2.75, 3.05) is 26.2 Å². The van der Waals surface area contributed by atoms with Gasteiger partial charge < -0.3 is 10.5 Å². The molecule has 1 fully saturated rings. The highest BCUT2D eigenvalue weighted by Gasteiger charge is 2.42. The van der Waals surface area contributed by atoms with E-state index in [2.05, 4.69) is 30.0 Å². The molecule has 1 atom stereocenters. The number of ether oxygens (including phenoxy) is 1. The van der Waals surface area contributed by atoms with Crippen molar-refractivity contribution in [3.05, 3.63) is 29.3 Å². The minimum atomic E-state index is 0.0000231. The van der Waals surface area contributed by atoms with Crippen LogP contribution in [-0.4, -0.2) is 31.1 Å². The fourth-order valence-electron chi connectivity index (χ4n) is 3.66. The average Bonchev–Trinajstić information content (AvgIpc) is 2.48. The van der Waals surface area contributed by atoms with Crippen LogP contribution in [0.5, 0.6) is 5.75 Å². The number of piperidine rings is 1. The molecule has 2 aliphatic rings. The van der Waals surface area contributed by atoms with Crippen LogP contribution in [0, 0.1) is 6.92 Å². The van der Waals surface area contributed by atoms with Gasteiger partial charge in [0.2, 0.25) is 0 Å². The fourth-order valence-corrected chi connectivity index (χ4v) is 3.66. The van der Waals surface area contributed by atoms with Crippen molar-refractivity contribution >= 4 is 0 Å². The first-order chi connectivity index (χ1) is 9.28. The lowest BCUT2D eigenvalue weighted by Crippen LogP contribution is -2.55. The number of fused-ring (bicyclic) bond motifs is 1. The second-order valence-electron chi connectivity index (χ2n) is 5.83. The van der Waals surface area contributed by atoms with Crippen LogP contribution >= 0.6 is 0 Å². The van der Waals surface area contributed by atoms with Crippen molar-refractivity contribution < 1.29 is 4.74 Å². The van der Waals surface area contributed by atoms with Gasteiger partial charge in [0.1, 0.15) is 5.75 Å². The molecule has 0 radical (unpaired) electrons. The topological polar surface area (TPSA) is 38.5 Å². The van der Waals surface area contributed by atoms with Crippen LogP contribution in [0.1, 0.15) is 36.8 Å². The molecule has 0 aromatic heterocycles. The van der Waals surface area contributed by atoms with Gasteiger partial charge in [-0.15, -0.1) is 0 Å². The summed E-state index contributed by atoms with van der Waals surface area (Å²) in [5.74, 6) is 1.07. The second-order valence-corrected chi connectivity index (χ2v) is 5.83. The van der Waals surface area contributed by atoms with E-state index in [-0.39, 0.29) is 5.54 Å². The Morgan fingerprint density at radius 3 is 2.79 bits per heavy atom. The minimum Gasteiger partial charge on any atom is -0.493 e. The summed E-state index contributed by atoms with van der Waals surface area (Å²) in [5, 5.41) is 0. The Balaban J connectivity index is 2.05. The SMILES string of the molecule is Cc1cccc2c1OCCC2(CN)N1CCCCC1. The van der Waals surface area contributed by atoms with Crippen LogP contribution in [-0.2, 0) is 5.54 Å². The van der Waals surface area contributed by atoms with Gasteiger partial charge >= 0.3 is 0 Å². The Morgan fingerprint density at radius 1 is 1.26 bits per heavy atom. The Morgan fingerprint density at radius 2 is 2.05 bits per heavy atom. The van der Waals surface area contributed by atoms with E-state index in [1.165, 1.54) is 43.5 Å². The third-order valence-corrected chi connectivity index (χ3v) is 4.77. The van der Waals surface area contributed by atoms with E-state index < -0.39 is 0 Å². The van der Waals surface area contributed by atoms with Gasteiger partial charge in [-0.1, -0.05) is 24.6 Å². The highest BCUT2D eigenvalue weighted by Crippen LogP contribution is 2.43. The highest BCUT2D eigenvalue weighted by molar-refractivity contribution is 5.46. The van der Waals surface area contributed by atoms with E-state index in [1.807, 2.05) is 0 Å². The summed E-state index contributed by atoms with van der Waals surface area (Å²) in [6.45, 7) is 5.94. The van der Waals surface area contributed by atoms with E-state index in [4.69, 9.17) is 10.5 Å². The van der Waals surface area contributed by atoms with E-state index in [9.17, 15) is 0 Å². The molecule has 0 aliphatic carbocycles. The average molecular weight is 260 g/mol. The van der Waals surface area contributed by atoms with Gasteiger partial charge in [0.25, 0.3) is 0 Å². The quantitative estimate of drug-likeness (QED) is 0.887. The van der Waals surface area contributed by atoms with Gasteiger partial charge in [-0.3, -0.25) is 4.90 Å². The predicted molar refractivity (Wildman–Crippen MR) is 77.4 cm³/mol. The number of rotatable bonds is 2. The fraction of sp³-hybridized carbons (Fsp3) is 0.625. The first kappa shape index (κ1) is 12.9. The zero-order chi connectivity index (χ0) is 13.3. The number of nitrogens with two attached hydrogens (primary N) is 1. The summed E-state index contributed by atoms with van der Waals surface area (Å²) in [7, 11) is 0. The van der Waals surface area contributed by atoms with Crippen molar-refractivity contribution in [1.82, 2.24) is 4.90 Å². The van der Waals surface area contributed by atoms with Gasteiger partial charge in [-0.2, -0.15) is 0 Å². The van der Waals surface area contributed by atoms with Crippen LogP contribution in [0.2, 0.25) is 0 Å². The Hall–Kier alpha value is -1.06. The Labute approximate surface area is 115 Å². The molecule has 2 N–H and O–H groups in total. The van der Waals surface area contributed by atoms with Crippen molar-refractivity contribution in [2.24, 2.45) is 5.73 Å². The van der Waals surface area contributed by atoms with E-state index in [1.54, 1.807) is 0 Å². The monoisotopic (exact) mass is 260 g/mol. The highest BCUT2D eigenvalue weighted by atomic mass is 16.5. The first-order valence-electron chi connectivity index (χ1n) is 7.46. The van der Waals surface area contributed by atoms with Gasteiger partial charge in [0.15, 0.2) is 0 Å². The number of hydrogen-bond acceptors (Lipinski definition) is 3. The lowest BCUT2D eigenvalue weighted by molar-refractivity contribution is 0.0329. The molecule has 104 valence electrons. The third kappa shape index (κ3) is 2.05. The van der Waals surface area contributed by atoms with Crippen LogP contribution in [0.25, 0.3) is 0 Å². The molecule has 2 aliphatic heterocycles. The smallest absolute Gasteiger partial charge is 0.127 e. The van der Waals surface area contributed by atoms with E-state index in [0.29, 0.717) is 6.54 Å². The maximum Gasteiger partial charge on any atom is 0.127 e.